The molecule has 0 atom stereocenters. The van der Waals surface area contributed by atoms with Crippen molar-refractivity contribution >= 4 is 18.8 Å². The lowest BCUT2D eigenvalue weighted by Gasteiger charge is -2.14. The summed E-state index contributed by atoms with van der Waals surface area (Å²) >= 11 is 0. The quantitative estimate of drug-likeness (QED) is 0.495. The summed E-state index contributed by atoms with van der Waals surface area (Å²) in [6.45, 7) is 0.260. The van der Waals surface area contributed by atoms with Gasteiger partial charge in [0.25, 0.3) is 0 Å². The molecule has 0 N–H and O–H groups in total. The number of ether oxygens (including phenoxy) is 2. The average molecular weight is 170 g/mol. The van der Waals surface area contributed by atoms with Gasteiger partial charge in [0, 0.05) is 0 Å². The van der Waals surface area contributed by atoms with Gasteiger partial charge in [-0.1, -0.05) is 0 Å². The molecule has 7 nitrogen and oxygen atoms in total. The number of rotatable bonds is 0. The molecule has 2 aliphatic heterocycles. The van der Waals surface area contributed by atoms with Gasteiger partial charge in [0.2, 0.25) is 0 Å². The predicted octanol–water partition coefficient (Wildman–Crippen LogP) is -0.428. The van der Waals surface area contributed by atoms with Crippen LogP contribution in [0.2, 0.25) is 0 Å². The summed E-state index contributed by atoms with van der Waals surface area (Å²) in [6, 6.07) is -0.363. The third kappa shape index (κ3) is 1.04. The van der Waals surface area contributed by atoms with Crippen LogP contribution in [0.25, 0.3) is 0 Å². The summed E-state index contributed by atoms with van der Waals surface area (Å²) in [6.07, 6.45) is 2.41. The Morgan fingerprint density at radius 1 is 1.17 bits per heavy atom. The van der Waals surface area contributed by atoms with Gasteiger partial charge in [-0.2, -0.15) is 10.0 Å². The minimum absolute atomic E-state index is 0.130. The molecule has 0 aliphatic carbocycles. The fourth-order valence-electron chi connectivity index (χ4n) is 0.797. The van der Waals surface area contributed by atoms with Crippen LogP contribution in [-0.2, 0) is 9.47 Å². The monoisotopic (exact) mass is 170 g/mol. The van der Waals surface area contributed by atoms with Gasteiger partial charge < -0.3 is 9.47 Å². The molecule has 2 rings (SSSR count). The minimum atomic E-state index is -0.363. The van der Waals surface area contributed by atoms with Crippen LogP contribution in [0.4, 0.5) is 4.79 Å². The van der Waals surface area contributed by atoms with Crippen LogP contribution >= 0.6 is 0 Å². The van der Waals surface area contributed by atoms with E-state index in [-0.39, 0.29) is 19.5 Å². The second kappa shape index (κ2) is 2.68. The topological polar surface area (TPSA) is 66.7 Å². The van der Waals surface area contributed by atoms with E-state index < -0.39 is 0 Å². The molecule has 0 fully saturated rings. The normalized spacial score (nSPS) is 19.7. The molecular formula is C5H6N4O3. The van der Waals surface area contributed by atoms with E-state index in [0.717, 1.165) is 10.0 Å². The molecule has 2 heterocycles. The number of carbonyl (C=O) groups excluding carboxylic acids is 1. The lowest BCUT2D eigenvalue weighted by atomic mass is 10.8. The molecular weight excluding hydrogens is 164 g/mol. The molecule has 0 aromatic carbocycles. The molecule has 0 saturated carbocycles. The molecule has 0 radical (unpaired) electrons. The summed E-state index contributed by atoms with van der Waals surface area (Å²) in [5.74, 6) is 0. The maximum atomic E-state index is 11.3. The molecule has 0 aromatic rings. The van der Waals surface area contributed by atoms with Crippen LogP contribution in [0.5, 0.6) is 0 Å². The lowest BCUT2D eigenvalue weighted by Crippen LogP contribution is -2.35. The van der Waals surface area contributed by atoms with E-state index in [9.17, 15) is 4.79 Å². The fourth-order valence-corrected chi connectivity index (χ4v) is 0.797. The van der Waals surface area contributed by atoms with E-state index in [4.69, 9.17) is 9.47 Å². The smallest absolute Gasteiger partial charge is 0.367 e. The number of nitrogens with zero attached hydrogens (tertiary/aromatic N) is 4. The molecule has 0 aromatic heterocycles. The Morgan fingerprint density at radius 2 is 1.67 bits per heavy atom. The second-order valence-electron chi connectivity index (χ2n) is 2.11. The van der Waals surface area contributed by atoms with Crippen molar-refractivity contribution in [2.24, 2.45) is 10.2 Å². The third-order valence-electron chi connectivity index (χ3n) is 1.36. The van der Waals surface area contributed by atoms with E-state index in [0.29, 0.717) is 0 Å². The molecule has 0 bridgehead atoms. The van der Waals surface area contributed by atoms with Crippen molar-refractivity contribution < 1.29 is 14.3 Å². The summed E-state index contributed by atoms with van der Waals surface area (Å²) in [7, 11) is 0. The van der Waals surface area contributed by atoms with Crippen molar-refractivity contribution in [2.75, 3.05) is 13.5 Å². The number of urea groups is 1. The number of hydrazone groups is 2. The highest BCUT2D eigenvalue weighted by Crippen LogP contribution is 2.06. The lowest BCUT2D eigenvalue weighted by molar-refractivity contribution is 0.111. The van der Waals surface area contributed by atoms with Crippen LogP contribution in [-0.4, -0.2) is 42.3 Å². The molecule has 12 heavy (non-hydrogen) atoms. The van der Waals surface area contributed by atoms with E-state index in [1.54, 1.807) is 0 Å². The molecule has 2 amide bonds. The van der Waals surface area contributed by atoms with Crippen molar-refractivity contribution in [3.63, 3.8) is 0 Å². The Hall–Kier alpha value is -1.79. The maximum absolute atomic E-state index is 11.3. The number of carbonyl (C=O) groups is 1. The minimum Gasteiger partial charge on any atom is -0.459 e. The first-order valence-corrected chi connectivity index (χ1v) is 3.25. The highest BCUT2D eigenvalue weighted by molar-refractivity contribution is 5.76. The molecule has 0 spiro atoms. The Bertz CT molecular complexity index is 227. The summed E-state index contributed by atoms with van der Waals surface area (Å²) < 4.78 is 9.46. The van der Waals surface area contributed by atoms with Crippen molar-refractivity contribution in [1.29, 1.82) is 0 Å². The third-order valence-corrected chi connectivity index (χ3v) is 1.36. The van der Waals surface area contributed by atoms with Crippen LogP contribution in [0.3, 0.4) is 0 Å². The molecule has 0 unspecified atom stereocenters. The van der Waals surface area contributed by atoms with E-state index in [2.05, 4.69) is 10.2 Å². The largest absolute Gasteiger partial charge is 0.459 e. The van der Waals surface area contributed by atoms with E-state index in [1.165, 1.54) is 12.8 Å². The van der Waals surface area contributed by atoms with Crippen LogP contribution < -0.4 is 0 Å². The zero-order valence-corrected chi connectivity index (χ0v) is 6.08. The summed E-state index contributed by atoms with van der Waals surface area (Å²) in [4.78, 5) is 11.3. The fraction of sp³-hybridized carbons (Fsp3) is 0.400. The first-order chi connectivity index (χ1) is 5.88. The first-order valence-electron chi connectivity index (χ1n) is 3.25. The van der Waals surface area contributed by atoms with E-state index in [1.807, 2.05) is 0 Å². The highest BCUT2D eigenvalue weighted by atomic mass is 16.5. The van der Waals surface area contributed by atoms with Crippen molar-refractivity contribution in [2.45, 2.75) is 0 Å². The van der Waals surface area contributed by atoms with Gasteiger partial charge in [-0.3, -0.25) is 0 Å². The van der Waals surface area contributed by atoms with E-state index >= 15 is 0 Å². The summed E-state index contributed by atoms with van der Waals surface area (Å²) in [5, 5.41) is 9.58. The number of hydrogen-bond acceptors (Lipinski definition) is 5. The number of hydrogen-bond donors (Lipinski definition) is 0. The Balaban J connectivity index is 1.99. The molecule has 0 saturated heterocycles. The van der Waals surface area contributed by atoms with Gasteiger partial charge in [0.1, 0.15) is 0 Å². The van der Waals surface area contributed by atoms with Crippen molar-refractivity contribution in [3.05, 3.63) is 0 Å². The molecule has 7 heteroatoms. The van der Waals surface area contributed by atoms with Crippen molar-refractivity contribution in [1.82, 2.24) is 10.0 Å². The van der Waals surface area contributed by atoms with Gasteiger partial charge in [-0.05, 0) is 0 Å². The van der Waals surface area contributed by atoms with Crippen molar-refractivity contribution in [3.8, 4) is 0 Å². The SMILES string of the molecule is O=C(N1COC=N1)N1COC=N1. The standard InChI is InChI=1S/C5H6N4O3/c10-5(8-3-11-1-6-8)9-4-12-2-7-9/h1-2H,3-4H2. The van der Waals surface area contributed by atoms with Gasteiger partial charge >= 0.3 is 6.03 Å². The van der Waals surface area contributed by atoms with Crippen LogP contribution in [0.15, 0.2) is 10.2 Å². The Labute approximate surface area is 67.8 Å². The van der Waals surface area contributed by atoms with Gasteiger partial charge in [-0.15, -0.1) is 10.2 Å². The Morgan fingerprint density at radius 3 is 2.00 bits per heavy atom. The average Bonchev–Trinajstić information content (AvgIpc) is 2.77. The highest BCUT2D eigenvalue weighted by Gasteiger charge is 2.24. The first kappa shape index (κ1) is 6.89. The Kier molecular flexibility index (Phi) is 1.54. The van der Waals surface area contributed by atoms with Crippen LogP contribution in [0.1, 0.15) is 0 Å². The van der Waals surface area contributed by atoms with Crippen LogP contribution in [0, 0.1) is 0 Å². The zero-order valence-electron chi connectivity index (χ0n) is 6.08. The molecule has 64 valence electrons. The molecule has 2 aliphatic rings. The van der Waals surface area contributed by atoms with Gasteiger partial charge in [0.05, 0.1) is 0 Å². The number of amides is 2. The van der Waals surface area contributed by atoms with Gasteiger partial charge in [-0.25, -0.2) is 4.79 Å². The second-order valence-corrected chi connectivity index (χ2v) is 2.11. The zero-order chi connectivity index (χ0) is 8.39. The summed E-state index contributed by atoms with van der Waals surface area (Å²) in [5.41, 5.74) is 0. The predicted molar refractivity (Wildman–Crippen MR) is 38.0 cm³/mol. The van der Waals surface area contributed by atoms with Gasteiger partial charge in [0.15, 0.2) is 26.3 Å². The maximum Gasteiger partial charge on any atom is 0.367 e.